The molecule has 174 valence electrons. The molecule has 0 radical (unpaired) electrons. The molecule has 12 heteroatoms. The molecule has 0 aliphatic carbocycles. The summed E-state index contributed by atoms with van der Waals surface area (Å²) in [5.74, 6) is -1.13. The molecule has 1 heterocycles. The third kappa shape index (κ3) is 5.50. The summed E-state index contributed by atoms with van der Waals surface area (Å²) in [6.45, 7) is 3.92. The summed E-state index contributed by atoms with van der Waals surface area (Å²) >= 11 is 0. The maximum atomic E-state index is 12.9. The van der Waals surface area contributed by atoms with Crippen LogP contribution in [0.3, 0.4) is 0 Å². The van der Waals surface area contributed by atoms with Crippen molar-refractivity contribution < 1.29 is 31.1 Å². The topological polar surface area (TPSA) is 109 Å². The summed E-state index contributed by atoms with van der Waals surface area (Å²) in [4.78, 5) is 12.8. The van der Waals surface area contributed by atoms with Crippen molar-refractivity contribution >= 4 is 27.3 Å². The van der Waals surface area contributed by atoms with Crippen LogP contribution < -0.4 is 25.6 Å². The molecule has 0 saturated carbocycles. The first kappa shape index (κ1) is 23.8. The van der Waals surface area contributed by atoms with E-state index in [1.54, 1.807) is 19.1 Å². The van der Waals surface area contributed by atoms with E-state index in [1.165, 1.54) is 12.1 Å². The van der Waals surface area contributed by atoms with Crippen LogP contribution in [0, 0.1) is 5.92 Å². The normalized spacial score (nSPS) is 21.2. The number of halogens is 3. The highest BCUT2D eigenvalue weighted by atomic mass is 32.2. The molecule has 8 nitrogen and oxygen atoms in total. The van der Waals surface area contributed by atoms with Crippen molar-refractivity contribution in [3.05, 3.63) is 54.1 Å². The summed E-state index contributed by atoms with van der Waals surface area (Å²) < 4.78 is 71.8. The van der Waals surface area contributed by atoms with Crippen LogP contribution in [0.25, 0.3) is 0 Å². The Hall–Kier alpha value is -2.83. The monoisotopic (exact) mass is 472 g/mol. The molecule has 4 N–H and O–H groups in total. The van der Waals surface area contributed by atoms with Crippen molar-refractivity contribution in [3.63, 3.8) is 0 Å². The van der Waals surface area contributed by atoms with Crippen molar-refractivity contribution in [2.75, 3.05) is 16.6 Å². The van der Waals surface area contributed by atoms with Gasteiger partial charge in [0.25, 0.3) is 10.0 Å². The second-order valence-corrected chi connectivity index (χ2v) is 8.99. The Morgan fingerprint density at radius 3 is 2.19 bits per heavy atom. The van der Waals surface area contributed by atoms with Gasteiger partial charge < -0.3 is 10.1 Å². The number of carbonyl (C=O) groups is 1. The predicted molar refractivity (Wildman–Crippen MR) is 113 cm³/mol. The Balaban J connectivity index is 1.73. The minimum absolute atomic E-state index is 0.123. The van der Waals surface area contributed by atoms with Gasteiger partial charge in [0.1, 0.15) is 5.75 Å². The molecule has 1 amide bonds. The van der Waals surface area contributed by atoms with Crippen molar-refractivity contribution in [1.82, 2.24) is 10.9 Å². The van der Waals surface area contributed by atoms with Crippen molar-refractivity contribution in [1.29, 1.82) is 0 Å². The van der Waals surface area contributed by atoms with Crippen LogP contribution in [0.4, 0.5) is 24.5 Å². The number of hydrogen-bond acceptors (Lipinski definition) is 6. The molecular weight excluding hydrogens is 449 g/mol. The third-order valence-electron chi connectivity index (χ3n) is 4.86. The molecule has 1 aliphatic rings. The van der Waals surface area contributed by atoms with E-state index in [1.807, 2.05) is 6.92 Å². The molecule has 0 spiro atoms. The van der Waals surface area contributed by atoms with Gasteiger partial charge in [-0.25, -0.2) is 13.8 Å². The van der Waals surface area contributed by atoms with Crippen molar-refractivity contribution in [2.45, 2.75) is 31.4 Å². The van der Waals surface area contributed by atoms with Gasteiger partial charge in [-0.05, 0) is 62.4 Å². The van der Waals surface area contributed by atoms with Crippen LogP contribution >= 0.6 is 0 Å². The lowest BCUT2D eigenvalue weighted by molar-refractivity contribution is -0.137. The van der Waals surface area contributed by atoms with Crippen molar-refractivity contribution in [2.24, 2.45) is 5.92 Å². The van der Waals surface area contributed by atoms with E-state index in [0.29, 0.717) is 12.4 Å². The minimum Gasteiger partial charge on any atom is -0.494 e. The summed E-state index contributed by atoms with van der Waals surface area (Å²) in [7, 11) is -4.06. The SMILES string of the molecule is CCOc1ccc(NS(=O)(=O)C2NNC(C)C2C(=O)Nc2ccc(C(F)(F)F)cc2)cc1. The molecular formula is C20H23F3N4O4S. The van der Waals surface area contributed by atoms with E-state index in [0.717, 1.165) is 24.3 Å². The zero-order valence-electron chi connectivity index (χ0n) is 17.2. The summed E-state index contributed by atoms with van der Waals surface area (Å²) in [5.41, 5.74) is 4.90. The number of hydrogen-bond donors (Lipinski definition) is 4. The fourth-order valence-electron chi connectivity index (χ4n) is 3.27. The highest BCUT2D eigenvalue weighted by Gasteiger charge is 2.46. The van der Waals surface area contributed by atoms with Gasteiger partial charge in [0, 0.05) is 17.4 Å². The van der Waals surface area contributed by atoms with Gasteiger partial charge in [-0.15, -0.1) is 0 Å². The van der Waals surface area contributed by atoms with E-state index in [4.69, 9.17) is 4.74 Å². The Bertz CT molecular complexity index is 1040. The Labute approximate surface area is 183 Å². The van der Waals surface area contributed by atoms with E-state index < -0.39 is 45.0 Å². The summed E-state index contributed by atoms with van der Waals surface area (Å²) in [6.07, 6.45) is -4.50. The lowest BCUT2D eigenvalue weighted by Crippen LogP contribution is -2.45. The van der Waals surface area contributed by atoms with Crippen molar-refractivity contribution in [3.8, 4) is 5.75 Å². The number of carbonyl (C=O) groups excluding carboxylic acids is 1. The third-order valence-corrected chi connectivity index (χ3v) is 6.46. The number of rotatable bonds is 7. The van der Waals surface area contributed by atoms with E-state index in [2.05, 4.69) is 20.9 Å². The second kappa shape index (κ2) is 9.35. The molecule has 2 aromatic carbocycles. The summed E-state index contributed by atoms with van der Waals surface area (Å²) in [5, 5.41) is 1.16. The van der Waals surface area contributed by atoms with E-state index in [-0.39, 0.29) is 11.4 Å². The first-order valence-corrected chi connectivity index (χ1v) is 11.3. The number of nitrogens with one attached hydrogen (secondary N) is 4. The van der Waals surface area contributed by atoms with Crippen LogP contribution in [0.2, 0.25) is 0 Å². The smallest absolute Gasteiger partial charge is 0.416 e. The van der Waals surface area contributed by atoms with Gasteiger partial charge in [0.15, 0.2) is 5.37 Å². The van der Waals surface area contributed by atoms with E-state index in [9.17, 15) is 26.4 Å². The number of amides is 1. The van der Waals surface area contributed by atoms with Gasteiger partial charge in [-0.2, -0.15) is 13.2 Å². The molecule has 1 saturated heterocycles. The quantitative estimate of drug-likeness (QED) is 0.494. The molecule has 1 fully saturated rings. The predicted octanol–water partition coefficient (Wildman–Crippen LogP) is 2.92. The molecule has 3 rings (SSSR count). The zero-order valence-corrected chi connectivity index (χ0v) is 18.0. The number of hydrazine groups is 1. The molecule has 0 aromatic heterocycles. The van der Waals surface area contributed by atoms with Crippen LogP contribution in [0.15, 0.2) is 48.5 Å². The molecule has 2 aromatic rings. The largest absolute Gasteiger partial charge is 0.494 e. The number of anilines is 2. The lowest BCUT2D eigenvalue weighted by atomic mass is 10.0. The Morgan fingerprint density at radius 2 is 1.62 bits per heavy atom. The number of sulfonamides is 1. The van der Waals surface area contributed by atoms with Gasteiger partial charge in [-0.1, -0.05) is 0 Å². The number of benzene rings is 2. The summed E-state index contributed by atoms with van der Waals surface area (Å²) in [6, 6.07) is 9.63. The number of ether oxygens (including phenoxy) is 1. The van der Waals surface area contributed by atoms with Crippen LogP contribution in [-0.4, -0.2) is 32.3 Å². The number of alkyl halides is 3. The average molecular weight is 472 g/mol. The first-order chi connectivity index (χ1) is 15.0. The average Bonchev–Trinajstić information content (AvgIpc) is 3.12. The highest BCUT2D eigenvalue weighted by Crippen LogP contribution is 2.30. The maximum absolute atomic E-state index is 12.9. The minimum atomic E-state index is -4.50. The molecule has 0 bridgehead atoms. The molecule has 3 atom stereocenters. The second-order valence-electron chi connectivity index (χ2n) is 7.19. The van der Waals surface area contributed by atoms with Crippen LogP contribution in [0.5, 0.6) is 5.75 Å². The standard InChI is InChI=1S/C20H23F3N4O4S/c1-3-31-16-10-8-15(9-11-16)27-32(29,30)19-17(12(2)25-26-19)18(28)24-14-6-4-13(5-7-14)20(21,22)23/h4-12,17,19,25-27H,3H2,1-2H3,(H,24,28). The molecule has 1 aliphatic heterocycles. The van der Waals surface area contributed by atoms with Crippen LogP contribution in [0.1, 0.15) is 19.4 Å². The fourth-order valence-corrected chi connectivity index (χ4v) is 4.83. The maximum Gasteiger partial charge on any atom is 0.416 e. The molecule has 3 unspecified atom stereocenters. The van der Waals surface area contributed by atoms with Gasteiger partial charge in [-0.3, -0.25) is 14.9 Å². The fraction of sp³-hybridized carbons (Fsp3) is 0.350. The first-order valence-electron chi connectivity index (χ1n) is 9.75. The van der Waals surface area contributed by atoms with Gasteiger partial charge in [0.2, 0.25) is 5.91 Å². The Morgan fingerprint density at radius 1 is 1.03 bits per heavy atom. The van der Waals surface area contributed by atoms with Crippen LogP contribution in [-0.2, 0) is 21.0 Å². The van der Waals surface area contributed by atoms with E-state index >= 15 is 0 Å². The lowest BCUT2D eigenvalue weighted by Gasteiger charge is -2.21. The highest BCUT2D eigenvalue weighted by molar-refractivity contribution is 7.93. The van der Waals surface area contributed by atoms with Gasteiger partial charge >= 0.3 is 6.18 Å². The zero-order chi connectivity index (χ0) is 23.5. The Kier molecular flexibility index (Phi) is 6.96. The van der Waals surface area contributed by atoms with Gasteiger partial charge in [0.05, 0.1) is 18.1 Å². The molecule has 32 heavy (non-hydrogen) atoms.